The monoisotopic (exact) mass is 739 g/mol. The summed E-state index contributed by atoms with van der Waals surface area (Å²) in [6.45, 7) is 0. The summed E-state index contributed by atoms with van der Waals surface area (Å²) in [6.07, 6.45) is 0. The summed E-state index contributed by atoms with van der Waals surface area (Å²) in [5, 5.41) is 9.60. The molecule has 0 bridgehead atoms. The van der Waals surface area contributed by atoms with Gasteiger partial charge in [-0.2, -0.15) is 0 Å². The standard InChI is InChI=1S/C54H33N3O/c1-4-14-36(15-5-1)55-47-22-12-10-20-39(47)43-30-44-40-26-24-35(29-49(40)57(52(44)33-51(43)55)38-18-8-3-9-19-38)34-25-27-48-42(28-34)45-32-54-46(41-21-11-13-23-53(41)58-54)31-50(45)56(48)37-16-6-2-7-17-37/h1-33H. The topological polar surface area (TPSA) is 27.9 Å². The van der Waals surface area contributed by atoms with Gasteiger partial charge in [0.15, 0.2) is 0 Å². The molecule has 4 heterocycles. The first kappa shape index (κ1) is 31.4. The van der Waals surface area contributed by atoms with E-state index in [0.717, 1.165) is 44.5 Å². The van der Waals surface area contributed by atoms with Crippen LogP contribution in [0.15, 0.2) is 205 Å². The molecule has 0 unspecified atom stereocenters. The van der Waals surface area contributed by atoms with E-state index in [2.05, 4.69) is 208 Å². The molecule has 0 radical (unpaired) electrons. The van der Waals surface area contributed by atoms with Crippen LogP contribution in [0.2, 0.25) is 0 Å². The summed E-state index contributed by atoms with van der Waals surface area (Å²) < 4.78 is 13.7. The molecule has 270 valence electrons. The molecule has 0 aliphatic carbocycles. The molecule has 0 atom stereocenters. The van der Waals surface area contributed by atoms with E-state index in [1.807, 2.05) is 6.07 Å². The second kappa shape index (κ2) is 11.8. The molecule has 4 nitrogen and oxygen atoms in total. The number of rotatable bonds is 4. The van der Waals surface area contributed by atoms with Crippen LogP contribution in [0.1, 0.15) is 0 Å². The number of aromatic nitrogens is 3. The lowest BCUT2D eigenvalue weighted by molar-refractivity contribution is 0.669. The summed E-state index contributed by atoms with van der Waals surface area (Å²) in [5.74, 6) is 0. The van der Waals surface area contributed by atoms with Crippen LogP contribution in [0.3, 0.4) is 0 Å². The van der Waals surface area contributed by atoms with E-state index in [9.17, 15) is 0 Å². The van der Waals surface area contributed by atoms with Crippen LogP contribution < -0.4 is 0 Å². The van der Waals surface area contributed by atoms with Crippen LogP contribution in [0, 0.1) is 0 Å². The van der Waals surface area contributed by atoms with E-state index in [1.54, 1.807) is 0 Å². The highest BCUT2D eigenvalue weighted by Gasteiger charge is 2.21. The lowest BCUT2D eigenvalue weighted by Gasteiger charge is -2.11. The minimum atomic E-state index is 0.903. The van der Waals surface area contributed by atoms with Crippen molar-refractivity contribution in [3.63, 3.8) is 0 Å². The first-order valence-corrected chi connectivity index (χ1v) is 19.8. The molecule has 9 aromatic carbocycles. The van der Waals surface area contributed by atoms with Crippen molar-refractivity contribution in [2.75, 3.05) is 0 Å². The van der Waals surface area contributed by atoms with Gasteiger partial charge in [-0.15, -0.1) is 0 Å². The highest BCUT2D eigenvalue weighted by Crippen LogP contribution is 2.43. The van der Waals surface area contributed by atoms with Crippen LogP contribution in [-0.2, 0) is 0 Å². The zero-order valence-corrected chi connectivity index (χ0v) is 31.3. The van der Waals surface area contributed by atoms with Gasteiger partial charge in [0.1, 0.15) is 11.2 Å². The van der Waals surface area contributed by atoms with Gasteiger partial charge >= 0.3 is 0 Å². The van der Waals surface area contributed by atoms with Gasteiger partial charge in [0.25, 0.3) is 0 Å². The lowest BCUT2D eigenvalue weighted by atomic mass is 10.0. The Labute approximate surface area is 332 Å². The van der Waals surface area contributed by atoms with E-state index < -0.39 is 0 Å². The Morgan fingerprint density at radius 1 is 0.241 bits per heavy atom. The van der Waals surface area contributed by atoms with Crippen molar-refractivity contribution in [2.24, 2.45) is 0 Å². The molecule has 13 aromatic rings. The van der Waals surface area contributed by atoms with Gasteiger partial charge in [0.05, 0.1) is 33.1 Å². The predicted octanol–water partition coefficient (Wildman–Crippen LogP) is 14.5. The lowest BCUT2D eigenvalue weighted by Crippen LogP contribution is -1.95. The molecule has 58 heavy (non-hydrogen) atoms. The first-order valence-electron chi connectivity index (χ1n) is 19.8. The third-order valence-corrected chi connectivity index (χ3v) is 12.2. The Morgan fingerprint density at radius 2 is 0.707 bits per heavy atom. The fourth-order valence-electron chi connectivity index (χ4n) is 9.64. The summed E-state index contributed by atoms with van der Waals surface area (Å²) in [6, 6.07) is 72.6. The van der Waals surface area contributed by atoms with E-state index in [0.29, 0.717) is 0 Å². The molecule has 4 aromatic heterocycles. The number of hydrogen-bond acceptors (Lipinski definition) is 1. The molecule has 0 spiro atoms. The minimum Gasteiger partial charge on any atom is -0.456 e. The third-order valence-electron chi connectivity index (χ3n) is 12.2. The van der Waals surface area contributed by atoms with Crippen molar-refractivity contribution in [1.29, 1.82) is 0 Å². The van der Waals surface area contributed by atoms with Gasteiger partial charge in [0.2, 0.25) is 0 Å². The molecule has 0 N–H and O–H groups in total. The summed E-state index contributed by atoms with van der Waals surface area (Å²) >= 11 is 0. The smallest absolute Gasteiger partial charge is 0.136 e. The Hall–Kier alpha value is -7.82. The van der Waals surface area contributed by atoms with E-state index >= 15 is 0 Å². The second-order valence-corrected chi connectivity index (χ2v) is 15.3. The van der Waals surface area contributed by atoms with Gasteiger partial charge < -0.3 is 18.1 Å². The molecule has 4 heteroatoms. The molecular weight excluding hydrogens is 707 g/mol. The zero-order valence-electron chi connectivity index (χ0n) is 31.3. The highest BCUT2D eigenvalue weighted by atomic mass is 16.3. The van der Waals surface area contributed by atoms with Gasteiger partial charge in [0, 0.05) is 60.2 Å². The van der Waals surface area contributed by atoms with Crippen LogP contribution in [0.4, 0.5) is 0 Å². The SMILES string of the molecule is c1ccc(-n2c3ccc(-c4ccc5c6cc7c8ccccc8n(-c8ccccc8)c7cc6n(-c6ccccc6)c5c4)cc3c3cc4oc5ccccc5c4cc32)cc1. The maximum absolute atomic E-state index is 6.44. The Bertz CT molecular complexity index is 3770. The molecule has 0 aliphatic heterocycles. The number of furan rings is 1. The van der Waals surface area contributed by atoms with Crippen molar-refractivity contribution < 1.29 is 4.42 Å². The highest BCUT2D eigenvalue weighted by molar-refractivity contribution is 6.20. The largest absolute Gasteiger partial charge is 0.456 e. The molecule has 0 saturated carbocycles. The maximum atomic E-state index is 6.44. The van der Waals surface area contributed by atoms with Gasteiger partial charge in [-0.25, -0.2) is 0 Å². The van der Waals surface area contributed by atoms with Crippen LogP contribution in [0.25, 0.3) is 116 Å². The van der Waals surface area contributed by atoms with Gasteiger partial charge in [-0.05, 0) is 102 Å². The average molecular weight is 740 g/mol. The van der Waals surface area contributed by atoms with Gasteiger partial charge in [-0.3, -0.25) is 0 Å². The first-order chi connectivity index (χ1) is 28.8. The van der Waals surface area contributed by atoms with Crippen LogP contribution in [-0.4, -0.2) is 13.7 Å². The number of nitrogens with zero attached hydrogens (tertiary/aromatic N) is 3. The maximum Gasteiger partial charge on any atom is 0.136 e. The second-order valence-electron chi connectivity index (χ2n) is 15.3. The number of benzene rings is 9. The van der Waals surface area contributed by atoms with E-state index in [4.69, 9.17) is 4.42 Å². The van der Waals surface area contributed by atoms with Crippen molar-refractivity contribution in [1.82, 2.24) is 13.7 Å². The van der Waals surface area contributed by atoms with E-state index in [-0.39, 0.29) is 0 Å². The van der Waals surface area contributed by atoms with Gasteiger partial charge in [-0.1, -0.05) is 109 Å². The quantitative estimate of drug-likeness (QED) is 0.177. The van der Waals surface area contributed by atoms with Crippen molar-refractivity contribution in [3.05, 3.63) is 200 Å². The van der Waals surface area contributed by atoms with Crippen molar-refractivity contribution in [3.8, 4) is 28.2 Å². The number of fused-ring (bicyclic) bond motifs is 12. The molecule has 0 saturated heterocycles. The average Bonchev–Trinajstić information content (AvgIpc) is 4.01. The fraction of sp³-hybridized carbons (Fsp3) is 0. The van der Waals surface area contributed by atoms with Crippen LogP contribution in [0.5, 0.6) is 0 Å². The summed E-state index contributed by atoms with van der Waals surface area (Å²) in [5.41, 5.74) is 14.7. The Kier molecular flexibility index (Phi) is 6.41. The summed E-state index contributed by atoms with van der Waals surface area (Å²) in [4.78, 5) is 0. The fourth-order valence-corrected chi connectivity index (χ4v) is 9.64. The molecule has 0 fully saturated rings. The number of para-hydroxylation sites is 5. The Morgan fingerprint density at radius 3 is 1.40 bits per heavy atom. The summed E-state index contributed by atoms with van der Waals surface area (Å²) in [7, 11) is 0. The van der Waals surface area contributed by atoms with Crippen molar-refractivity contribution in [2.45, 2.75) is 0 Å². The van der Waals surface area contributed by atoms with E-state index in [1.165, 1.54) is 71.0 Å². The normalized spacial score (nSPS) is 12.1. The molecule has 0 aliphatic rings. The van der Waals surface area contributed by atoms with Crippen LogP contribution >= 0.6 is 0 Å². The molecule has 13 rings (SSSR count). The third kappa shape index (κ3) is 4.40. The zero-order chi connectivity index (χ0) is 37.9. The number of hydrogen-bond donors (Lipinski definition) is 0. The minimum absolute atomic E-state index is 0.903. The van der Waals surface area contributed by atoms with Crippen molar-refractivity contribution >= 4 is 87.4 Å². The predicted molar refractivity (Wildman–Crippen MR) is 242 cm³/mol. The molecule has 0 amide bonds. The Balaban J connectivity index is 1.07. The molecular formula is C54H33N3O.